The first-order valence-electron chi connectivity index (χ1n) is 7.66. The van der Waals surface area contributed by atoms with Crippen LogP contribution in [-0.4, -0.2) is 43.5 Å². The van der Waals surface area contributed by atoms with E-state index in [1.807, 2.05) is 0 Å². The van der Waals surface area contributed by atoms with Crippen molar-refractivity contribution >= 4 is 23.5 Å². The van der Waals surface area contributed by atoms with Gasteiger partial charge in [-0.2, -0.15) is 10.4 Å². The molecule has 0 bridgehead atoms. The average Bonchev–Trinajstić information content (AvgIpc) is 3.05. The van der Waals surface area contributed by atoms with Crippen LogP contribution in [0.3, 0.4) is 0 Å². The lowest BCUT2D eigenvalue weighted by molar-refractivity contribution is -0.159. The predicted molar refractivity (Wildman–Crippen MR) is 94.1 cm³/mol. The van der Waals surface area contributed by atoms with E-state index in [1.54, 1.807) is 29.9 Å². The number of aliphatic carboxylic acids is 2. The van der Waals surface area contributed by atoms with Crippen LogP contribution in [0.4, 0.5) is 0 Å². The molecule has 2 rings (SSSR count). The zero-order chi connectivity index (χ0) is 20.4. The highest BCUT2D eigenvalue weighted by molar-refractivity contribution is 6.30. The molecule has 4 N–H and O–H groups in total. The molecule has 11 heteroatoms. The Morgan fingerprint density at radius 1 is 1.41 bits per heavy atom. The van der Waals surface area contributed by atoms with Crippen LogP contribution in [0.2, 0.25) is 5.02 Å². The van der Waals surface area contributed by atoms with Gasteiger partial charge in [-0.15, -0.1) is 0 Å². The Morgan fingerprint density at radius 2 is 2.07 bits per heavy atom. The van der Waals surface area contributed by atoms with E-state index in [4.69, 9.17) is 47.1 Å². The van der Waals surface area contributed by atoms with Crippen molar-refractivity contribution in [3.63, 3.8) is 0 Å². The molecule has 1 aromatic carbocycles. The number of carbonyl (C=O) groups is 2. The standard InChI is InChI=1S/C14H16ClN5O.C2H2O4/c1-20-14(18-9-19-20)12(3-2-6-16)21-13-7-11(15)5-4-10(13)8-17;3-1(4)2(5)6/h4-5,7,9,12H,2-3,6,16H2,1H3;(H,3,4)(H,5,6). The van der Waals surface area contributed by atoms with Gasteiger partial charge in [0.2, 0.25) is 0 Å². The van der Waals surface area contributed by atoms with E-state index in [1.165, 1.54) is 6.33 Å². The predicted octanol–water partition coefficient (Wildman–Crippen LogP) is 1.35. The van der Waals surface area contributed by atoms with Crippen LogP contribution in [0.15, 0.2) is 24.5 Å². The van der Waals surface area contributed by atoms with Gasteiger partial charge in [-0.1, -0.05) is 11.6 Å². The van der Waals surface area contributed by atoms with Crippen LogP contribution in [0.5, 0.6) is 5.75 Å². The fourth-order valence-electron chi connectivity index (χ4n) is 1.98. The number of carboxylic acids is 2. The van der Waals surface area contributed by atoms with Crippen LogP contribution >= 0.6 is 11.6 Å². The minimum absolute atomic E-state index is 0.327. The van der Waals surface area contributed by atoms with Crippen molar-refractivity contribution in [2.45, 2.75) is 18.9 Å². The molecule has 1 atom stereocenters. The quantitative estimate of drug-likeness (QED) is 0.612. The molecule has 0 fully saturated rings. The largest absolute Gasteiger partial charge is 0.481 e. The highest BCUT2D eigenvalue weighted by Crippen LogP contribution is 2.29. The number of hydrogen-bond donors (Lipinski definition) is 3. The molecule has 0 radical (unpaired) electrons. The Bertz CT molecular complexity index is 821. The third-order valence-corrected chi connectivity index (χ3v) is 3.46. The van der Waals surface area contributed by atoms with Gasteiger partial charge in [0.05, 0.1) is 5.56 Å². The maximum Gasteiger partial charge on any atom is 0.414 e. The topological polar surface area (TPSA) is 164 Å². The molecule has 1 aromatic heterocycles. The van der Waals surface area contributed by atoms with Gasteiger partial charge in [0.15, 0.2) is 11.9 Å². The second-order valence-corrected chi connectivity index (χ2v) is 5.58. The summed E-state index contributed by atoms with van der Waals surface area (Å²) in [4.78, 5) is 22.4. The van der Waals surface area contributed by atoms with Crippen molar-refractivity contribution in [1.82, 2.24) is 14.8 Å². The molecule has 0 saturated carbocycles. The summed E-state index contributed by atoms with van der Waals surface area (Å²) in [5.74, 6) is -2.52. The fourth-order valence-corrected chi connectivity index (χ4v) is 2.14. The Labute approximate surface area is 159 Å². The molecule has 27 heavy (non-hydrogen) atoms. The van der Waals surface area contributed by atoms with E-state index < -0.39 is 11.9 Å². The van der Waals surface area contributed by atoms with E-state index in [9.17, 15) is 0 Å². The van der Waals surface area contributed by atoms with Gasteiger partial charge in [0.1, 0.15) is 18.1 Å². The summed E-state index contributed by atoms with van der Waals surface area (Å²) in [6.07, 6.45) is 2.60. The summed E-state index contributed by atoms with van der Waals surface area (Å²) >= 11 is 5.98. The highest BCUT2D eigenvalue weighted by atomic mass is 35.5. The average molecular weight is 396 g/mol. The second-order valence-electron chi connectivity index (χ2n) is 5.14. The minimum atomic E-state index is -1.82. The van der Waals surface area contributed by atoms with E-state index in [-0.39, 0.29) is 6.10 Å². The van der Waals surface area contributed by atoms with Gasteiger partial charge < -0.3 is 20.7 Å². The van der Waals surface area contributed by atoms with E-state index >= 15 is 0 Å². The second kappa shape index (κ2) is 10.7. The number of nitrogens with two attached hydrogens (primary N) is 1. The Hall–Kier alpha value is -3.16. The summed E-state index contributed by atoms with van der Waals surface area (Å²) in [5.41, 5.74) is 6.00. The molecule has 1 unspecified atom stereocenters. The molecular weight excluding hydrogens is 378 g/mol. The van der Waals surface area contributed by atoms with Gasteiger partial charge in [0, 0.05) is 18.1 Å². The van der Waals surface area contributed by atoms with Crippen molar-refractivity contribution in [2.24, 2.45) is 12.8 Å². The summed E-state index contributed by atoms with van der Waals surface area (Å²) in [6, 6.07) is 7.01. The number of rotatable bonds is 6. The third kappa shape index (κ3) is 6.93. The maximum absolute atomic E-state index is 9.16. The maximum atomic E-state index is 9.16. The van der Waals surface area contributed by atoms with Crippen LogP contribution in [0, 0.1) is 11.3 Å². The lowest BCUT2D eigenvalue weighted by atomic mass is 10.1. The number of aromatic nitrogens is 3. The normalized spacial score (nSPS) is 10.9. The van der Waals surface area contributed by atoms with Crippen molar-refractivity contribution in [2.75, 3.05) is 6.54 Å². The van der Waals surface area contributed by atoms with Crippen molar-refractivity contribution < 1.29 is 24.5 Å². The summed E-state index contributed by atoms with van der Waals surface area (Å²) in [6.45, 7) is 0.554. The number of ether oxygens (including phenoxy) is 1. The van der Waals surface area contributed by atoms with Crippen LogP contribution < -0.4 is 10.5 Å². The smallest absolute Gasteiger partial charge is 0.414 e. The molecule has 10 nitrogen and oxygen atoms in total. The number of hydrogen-bond acceptors (Lipinski definition) is 7. The Balaban J connectivity index is 0.000000527. The number of nitriles is 1. The van der Waals surface area contributed by atoms with Crippen LogP contribution in [-0.2, 0) is 16.6 Å². The summed E-state index contributed by atoms with van der Waals surface area (Å²) in [7, 11) is 1.80. The van der Waals surface area contributed by atoms with Gasteiger partial charge in [-0.3, -0.25) is 0 Å². The van der Waals surface area contributed by atoms with Crippen molar-refractivity contribution in [3.05, 3.63) is 40.9 Å². The lowest BCUT2D eigenvalue weighted by Crippen LogP contribution is -2.16. The van der Waals surface area contributed by atoms with E-state index in [0.29, 0.717) is 35.1 Å². The molecule has 0 saturated heterocycles. The first-order valence-corrected chi connectivity index (χ1v) is 8.04. The fraction of sp³-hybridized carbons (Fsp3) is 0.312. The number of aryl methyl sites for hydroxylation is 1. The van der Waals surface area contributed by atoms with E-state index in [0.717, 1.165) is 6.42 Å². The third-order valence-electron chi connectivity index (χ3n) is 3.22. The van der Waals surface area contributed by atoms with Gasteiger partial charge >= 0.3 is 11.9 Å². The molecule has 1 heterocycles. The van der Waals surface area contributed by atoms with Crippen LogP contribution in [0.1, 0.15) is 30.3 Å². The number of halogens is 1. The van der Waals surface area contributed by atoms with Gasteiger partial charge in [0.25, 0.3) is 0 Å². The number of nitrogens with zero attached hydrogens (tertiary/aromatic N) is 4. The lowest BCUT2D eigenvalue weighted by Gasteiger charge is -2.19. The molecule has 144 valence electrons. The van der Waals surface area contributed by atoms with Gasteiger partial charge in [-0.25, -0.2) is 19.3 Å². The minimum Gasteiger partial charge on any atom is -0.481 e. The molecule has 0 spiro atoms. The highest BCUT2D eigenvalue weighted by Gasteiger charge is 2.20. The van der Waals surface area contributed by atoms with Gasteiger partial charge in [-0.05, 0) is 31.5 Å². The van der Waals surface area contributed by atoms with Crippen molar-refractivity contribution in [1.29, 1.82) is 5.26 Å². The SMILES string of the molecule is Cn1ncnc1C(CCCN)Oc1cc(Cl)ccc1C#N.O=C(O)C(=O)O. The molecular formula is C16H18ClN5O5. The molecule has 0 aliphatic rings. The summed E-state index contributed by atoms with van der Waals surface area (Å²) < 4.78 is 7.61. The first-order chi connectivity index (χ1) is 12.8. The molecule has 0 aliphatic heterocycles. The molecule has 2 aromatic rings. The summed E-state index contributed by atoms with van der Waals surface area (Å²) in [5, 5.41) is 28.5. The Kier molecular flexibility index (Phi) is 8.71. The number of benzene rings is 1. The number of carboxylic acid groups (broad SMARTS) is 2. The van der Waals surface area contributed by atoms with Crippen LogP contribution in [0.25, 0.3) is 0 Å². The molecule has 0 aliphatic carbocycles. The molecule has 0 amide bonds. The zero-order valence-electron chi connectivity index (χ0n) is 14.4. The van der Waals surface area contributed by atoms with E-state index in [2.05, 4.69) is 16.2 Å². The van der Waals surface area contributed by atoms with Crippen molar-refractivity contribution in [3.8, 4) is 11.8 Å². The Morgan fingerprint density at radius 3 is 2.56 bits per heavy atom. The monoisotopic (exact) mass is 395 g/mol. The first kappa shape index (κ1) is 21.9. The zero-order valence-corrected chi connectivity index (χ0v) is 15.1.